The van der Waals surface area contributed by atoms with E-state index in [4.69, 9.17) is 4.74 Å². The second-order valence-electron chi connectivity index (χ2n) is 6.88. The van der Waals surface area contributed by atoms with Crippen molar-refractivity contribution in [2.24, 2.45) is 11.8 Å². The molecule has 3 unspecified atom stereocenters. The summed E-state index contributed by atoms with van der Waals surface area (Å²) in [5.41, 5.74) is -0.355. The smallest absolute Gasteiger partial charge is 0.0784 e. The third kappa shape index (κ3) is 2.59. The maximum atomic E-state index is 10.9. The molecule has 0 aromatic heterocycles. The maximum absolute atomic E-state index is 10.9. The zero-order valence-corrected chi connectivity index (χ0v) is 12.3. The molecule has 3 fully saturated rings. The Labute approximate surface area is 115 Å². The van der Waals surface area contributed by atoms with Gasteiger partial charge in [0.1, 0.15) is 0 Å². The molecule has 0 aromatic carbocycles. The minimum atomic E-state index is -0.463. The van der Waals surface area contributed by atoms with E-state index in [1.165, 1.54) is 31.4 Å². The van der Waals surface area contributed by atoms with Crippen molar-refractivity contribution in [3.63, 3.8) is 0 Å². The third-order valence-corrected chi connectivity index (χ3v) is 6.59. The van der Waals surface area contributed by atoms with Crippen LogP contribution in [0.1, 0.15) is 51.9 Å². The molecule has 104 valence electrons. The van der Waals surface area contributed by atoms with Crippen LogP contribution >= 0.6 is 11.8 Å². The highest BCUT2D eigenvalue weighted by atomic mass is 32.2. The Morgan fingerprint density at radius 3 is 2.83 bits per heavy atom. The number of thioether (sulfide) groups is 1. The van der Waals surface area contributed by atoms with Crippen LogP contribution < -0.4 is 0 Å². The Morgan fingerprint density at radius 2 is 2.22 bits per heavy atom. The van der Waals surface area contributed by atoms with Crippen LogP contribution in [0.4, 0.5) is 0 Å². The van der Waals surface area contributed by atoms with Crippen molar-refractivity contribution in [1.29, 1.82) is 0 Å². The topological polar surface area (TPSA) is 29.5 Å². The highest BCUT2D eigenvalue weighted by Crippen LogP contribution is 2.46. The summed E-state index contributed by atoms with van der Waals surface area (Å²) in [4.78, 5) is 0. The zero-order valence-electron chi connectivity index (χ0n) is 11.5. The summed E-state index contributed by atoms with van der Waals surface area (Å²) in [6, 6.07) is 0. The van der Waals surface area contributed by atoms with Crippen molar-refractivity contribution in [1.82, 2.24) is 0 Å². The molecule has 0 aromatic rings. The fourth-order valence-corrected chi connectivity index (χ4v) is 5.25. The molecule has 0 bridgehead atoms. The molecule has 2 aliphatic heterocycles. The number of hydrogen-bond acceptors (Lipinski definition) is 3. The summed E-state index contributed by atoms with van der Waals surface area (Å²) in [6.45, 7) is 2.93. The van der Waals surface area contributed by atoms with Crippen LogP contribution in [-0.2, 0) is 4.74 Å². The molecule has 3 heteroatoms. The van der Waals surface area contributed by atoms with Crippen molar-refractivity contribution in [2.75, 3.05) is 18.1 Å². The molecule has 2 nitrogen and oxygen atoms in total. The third-order valence-electron chi connectivity index (χ3n) is 5.37. The van der Waals surface area contributed by atoms with Crippen LogP contribution in [0.15, 0.2) is 0 Å². The number of aliphatic hydroxyl groups is 1. The van der Waals surface area contributed by atoms with Gasteiger partial charge in [0.15, 0.2) is 0 Å². The first kappa shape index (κ1) is 13.3. The average Bonchev–Trinajstić information content (AvgIpc) is 2.72. The van der Waals surface area contributed by atoms with Gasteiger partial charge in [-0.05, 0) is 50.2 Å². The van der Waals surface area contributed by atoms with Crippen molar-refractivity contribution in [2.45, 2.75) is 63.1 Å². The summed E-state index contributed by atoms with van der Waals surface area (Å²) in [5.74, 6) is 3.61. The Morgan fingerprint density at radius 1 is 1.39 bits per heavy atom. The fraction of sp³-hybridized carbons (Fsp3) is 1.00. The summed E-state index contributed by atoms with van der Waals surface area (Å²) in [5, 5.41) is 10.9. The Bertz CT molecular complexity index is 293. The van der Waals surface area contributed by atoms with Gasteiger partial charge in [0.2, 0.25) is 0 Å². The van der Waals surface area contributed by atoms with Crippen molar-refractivity contribution in [3.05, 3.63) is 0 Å². The number of hydrogen-bond donors (Lipinski definition) is 1. The first-order valence-electron chi connectivity index (χ1n) is 7.54. The lowest BCUT2D eigenvalue weighted by atomic mass is 9.69. The van der Waals surface area contributed by atoms with Gasteiger partial charge in [-0.25, -0.2) is 0 Å². The van der Waals surface area contributed by atoms with E-state index in [0.29, 0.717) is 5.92 Å². The van der Waals surface area contributed by atoms with Gasteiger partial charge in [-0.1, -0.05) is 19.3 Å². The van der Waals surface area contributed by atoms with Crippen LogP contribution in [0.25, 0.3) is 0 Å². The monoisotopic (exact) mass is 270 g/mol. The normalized spacial score (nSPS) is 40.7. The second kappa shape index (κ2) is 4.99. The van der Waals surface area contributed by atoms with E-state index in [0.717, 1.165) is 37.5 Å². The quantitative estimate of drug-likeness (QED) is 0.854. The minimum Gasteiger partial charge on any atom is -0.390 e. The molecule has 2 saturated heterocycles. The van der Waals surface area contributed by atoms with E-state index >= 15 is 0 Å². The first-order valence-corrected chi connectivity index (χ1v) is 8.69. The molecule has 1 spiro atoms. The molecule has 0 amide bonds. The second-order valence-corrected chi connectivity index (χ2v) is 7.99. The van der Waals surface area contributed by atoms with Crippen molar-refractivity contribution >= 4 is 11.8 Å². The standard InChI is InChI=1S/C15H26O2S/c1-14(16,9-12-3-2-4-12)13-5-7-17-15(10-13)6-8-18-11-15/h12-13,16H,2-11H2,1H3. The molecule has 3 atom stereocenters. The van der Waals surface area contributed by atoms with Gasteiger partial charge >= 0.3 is 0 Å². The highest BCUT2D eigenvalue weighted by Gasteiger charge is 2.46. The predicted octanol–water partition coefficient (Wildman–Crippen LogP) is 3.23. The Kier molecular flexibility index (Phi) is 3.68. The molecule has 2 heterocycles. The van der Waals surface area contributed by atoms with Crippen LogP contribution in [0.3, 0.4) is 0 Å². The lowest BCUT2D eigenvalue weighted by molar-refractivity contribution is -0.134. The summed E-state index contributed by atoms with van der Waals surface area (Å²) in [7, 11) is 0. The molecule has 1 aliphatic carbocycles. The fourth-order valence-electron chi connectivity index (χ4n) is 3.87. The van der Waals surface area contributed by atoms with Crippen molar-refractivity contribution < 1.29 is 9.84 Å². The van der Waals surface area contributed by atoms with Crippen molar-refractivity contribution in [3.8, 4) is 0 Å². The molecule has 3 aliphatic rings. The van der Waals surface area contributed by atoms with E-state index in [2.05, 4.69) is 6.92 Å². The Balaban J connectivity index is 1.63. The molecule has 1 saturated carbocycles. The zero-order chi connectivity index (χ0) is 12.6. The highest BCUT2D eigenvalue weighted by molar-refractivity contribution is 7.99. The molecule has 18 heavy (non-hydrogen) atoms. The van der Waals surface area contributed by atoms with Crippen LogP contribution in [0, 0.1) is 11.8 Å². The van der Waals surface area contributed by atoms with Gasteiger partial charge in [0.25, 0.3) is 0 Å². The number of ether oxygens (including phenoxy) is 1. The largest absolute Gasteiger partial charge is 0.390 e. The molecule has 3 rings (SSSR count). The average molecular weight is 270 g/mol. The predicted molar refractivity (Wildman–Crippen MR) is 75.9 cm³/mol. The molecular formula is C15H26O2S. The van der Waals surface area contributed by atoms with Gasteiger partial charge in [0, 0.05) is 12.4 Å². The van der Waals surface area contributed by atoms with Gasteiger partial charge < -0.3 is 9.84 Å². The van der Waals surface area contributed by atoms with Gasteiger partial charge in [-0.2, -0.15) is 11.8 Å². The van der Waals surface area contributed by atoms with Crippen LogP contribution in [0.2, 0.25) is 0 Å². The molecule has 1 N–H and O–H groups in total. The van der Waals surface area contributed by atoms with E-state index in [-0.39, 0.29) is 5.60 Å². The van der Waals surface area contributed by atoms with Gasteiger partial charge in [-0.3, -0.25) is 0 Å². The maximum Gasteiger partial charge on any atom is 0.0784 e. The van der Waals surface area contributed by atoms with E-state index < -0.39 is 5.60 Å². The van der Waals surface area contributed by atoms with E-state index in [1.807, 2.05) is 11.8 Å². The van der Waals surface area contributed by atoms with Gasteiger partial charge in [-0.15, -0.1) is 0 Å². The molecule has 0 radical (unpaired) electrons. The van der Waals surface area contributed by atoms with Crippen LogP contribution in [0.5, 0.6) is 0 Å². The first-order chi connectivity index (χ1) is 8.60. The number of rotatable bonds is 3. The van der Waals surface area contributed by atoms with E-state index in [9.17, 15) is 5.11 Å². The lowest BCUT2D eigenvalue weighted by Crippen LogP contribution is -2.48. The summed E-state index contributed by atoms with van der Waals surface area (Å²) in [6.07, 6.45) is 8.37. The summed E-state index contributed by atoms with van der Waals surface area (Å²) >= 11 is 2.02. The summed E-state index contributed by atoms with van der Waals surface area (Å²) < 4.78 is 6.07. The van der Waals surface area contributed by atoms with Crippen LogP contribution in [-0.4, -0.2) is 34.4 Å². The van der Waals surface area contributed by atoms with Gasteiger partial charge in [0.05, 0.1) is 11.2 Å². The van der Waals surface area contributed by atoms with E-state index in [1.54, 1.807) is 0 Å². The molecular weight excluding hydrogens is 244 g/mol. The lowest BCUT2D eigenvalue weighted by Gasteiger charge is -2.45. The SMILES string of the molecule is CC(O)(CC1CCC1)C1CCOC2(CCSC2)C1. The Hall–Kier alpha value is 0.270. The minimum absolute atomic E-state index is 0.108.